The number of ether oxygens (including phenoxy) is 3. The summed E-state index contributed by atoms with van der Waals surface area (Å²) in [5, 5.41) is 0. The molecule has 0 heterocycles. The van der Waals surface area contributed by atoms with E-state index in [1.165, 1.54) is 61.3 Å². The van der Waals surface area contributed by atoms with Crippen molar-refractivity contribution < 1.29 is 19.0 Å². The second kappa shape index (κ2) is 14.5. The Hall–Kier alpha value is -2.59. The third-order valence-electron chi connectivity index (χ3n) is 8.58. The fourth-order valence-electron chi connectivity index (χ4n) is 6.55. The molecule has 0 aromatic heterocycles. The summed E-state index contributed by atoms with van der Waals surface area (Å²) in [7, 11) is 1.78. The van der Waals surface area contributed by atoms with Gasteiger partial charge in [-0.3, -0.25) is 0 Å². The average Bonchev–Trinajstić information content (AvgIpc) is 2.89. The lowest BCUT2D eigenvalue weighted by molar-refractivity contribution is -0.140. The molecule has 3 unspecified atom stereocenters. The van der Waals surface area contributed by atoms with Gasteiger partial charge in [-0.25, -0.2) is 4.79 Å². The fraction of sp³-hybridized carbons (Fsp3) is 0.559. The molecule has 0 amide bonds. The normalized spacial score (nSPS) is 26.7. The molecule has 0 radical (unpaired) electrons. The largest absolute Gasteiger partial charge is 0.490 e. The van der Waals surface area contributed by atoms with Crippen LogP contribution in [0.1, 0.15) is 99.2 Å². The predicted octanol–water partition coefficient (Wildman–Crippen LogP) is 8.29. The van der Waals surface area contributed by atoms with Gasteiger partial charge in [0.25, 0.3) is 0 Å². The molecule has 0 spiro atoms. The highest BCUT2D eigenvalue weighted by atomic mass is 16.5. The lowest BCUT2D eigenvalue weighted by atomic mass is 9.80. The van der Waals surface area contributed by atoms with Crippen molar-refractivity contribution in [2.75, 3.05) is 13.7 Å². The second-order valence-electron chi connectivity index (χ2n) is 11.4. The molecule has 0 saturated heterocycles. The molecule has 2 aliphatic carbocycles. The van der Waals surface area contributed by atoms with Gasteiger partial charge in [-0.05, 0) is 99.7 Å². The highest BCUT2D eigenvalue weighted by molar-refractivity contribution is 5.81. The first-order valence-corrected chi connectivity index (χ1v) is 14.7. The number of benzene rings is 2. The van der Waals surface area contributed by atoms with Crippen LogP contribution in [0.15, 0.2) is 61.2 Å². The summed E-state index contributed by atoms with van der Waals surface area (Å²) in [6, 6.07) is 17.8. The molecule has 0 N–H and O–H groups in total. The zero-order valence-electron chi connectivity index (χ0n) is 23.4. The monoisotopic (exact) mass is 518 g/mol. The Balaban J connectivity index is 1.41. The summed E-state index contributed by atoms with van der Waals surface area (Å²) >= 11 is 0. The van der Waals surface area contributed by atoms with Crippen LogP contribution in [0.3, 0.4) is 0 Å². The van der Waals surface area contributed by atoms with Crippen LogP contribution in [0.5, 0.6) is 5.75 Å². The van der Waals surface area contributed by atoms with E-state index in [0.717, 1.165) is 37.9 Å². The van der Waals surface area contributed by atoms with Gasteiger partial charge in [-0.15, -0.1) is 0 Å². The number of esters is 1. The number of hydrogen-bond donors (Lipinski definition) is 0. The number of carbonyl (C=O) groups is 1. The lowest BCUT2D eigenvalue weighted by Gasteiger charge is -2.32. The van der Waals surface area contributed by atoms with E-state index in [0.29, 0.717) is 18.4 Å². The maximum Gasteiger partial charge on any atom is 0.330 e. The van der Waals surface area contributed by atoms with Crippen LogP contribution < -0.4 is 4.74 Å². The van der Waals surface area contributed by atoms with Gasteiger partial charge < -0.3 is 14.2 Å². The van der Waals surface area contributed by atoms with E-state index < -0.39 is 0 Å². The van der Waals surface area contributed by atoms with Crippen LogP contribution in [0.25, 0.3) is 0 Å². The Kier molecular flexibility index (Phi) is 10.9. The van der Waals surface area contributed by atoms with Crippen LogP contribution in [-0.4, -0.2) is 31.9 Å². The van der Waals surface area contributed by atoms with E-state index in [-0.39, 0.29) is 24.1 Å². The van der Waals surface area contributed by atoms with E-state index in [1.807, 2.05) is 0 Å². The van der Waals surface area contributed by atoms with Crippen molar-refractivity contribution in [3.05, 3.63) is 77.9 Å². The number of hydrogen-bond acceptors (Lipinski definition) is 4. The van der Waals surface area contributed by atoms with Crippen LogP contribution >= 0.6 is 0 Å². The van der Waals surface area contributed by atoms with Crippen molar-refractivity contribution >= 4 is 5.97 Å². The first-order valence-electron chi connectivity index (χ1n) is 14.7. The van der Waals surface area contributed by atoms with Crippen molar-refractivity contribution in [3.8, 4) is 5.75 Å². The quantitative estimate of drug-likeness (QED) is 0.260. The summed E-state index contributed by atoms with van der Waals surface area (Å²) in [6.45, 7) is 6.11. The molecule has 0 bridgehead atoms. The van der Waals surface area contributed by atoms with Crippen molar-refractivity contribution in [2.45, 2.75) is 102 Å². The number of rotatable bonds is 8. The molecule has 0 aliphatic heterocycles. The molecule has 2 fully saturated rings. The SMILES string of the molecule is C=CC(=O)OCC1CC(OC)CCCC(Oc2ccccc2C2CCCC(c3cccc(C)c3)CCC2)C1. The summed E-state index contributed by atoms with van der Waals surface area (Å²) < 4.78 is 17.9. The maximum atomic E-state index is 11.7. The minimum atomic E-state index is -0.363. The molecule has 2 aliphatic rings. The highest BCUT2D eigenvalue weighted by Crippen LogP contribution is 2.40. The Labute approximate surface area is 229 Å². The van der Waals surface area contributed by atoms with E-state index in [2.05, 4.69) is 62.0 Å². The third-order valence-corrected chi connectivity index (χ3v) is 8.58. The molecule has 4 nitrogen and oxygen atoms in total. The van der Waals surface area contributed by atoms with Crippen molar-refractivity contribution in [2.24, 2.45) is 5.92 Å². The summed E-state index contributed by atoms with van der Waals surface area (Å²) in [5.74, 6) is 2.11. The van der Waals surface area contributed by atoms with Gasteiger partial charge in [0.05, 0.1) is 18.8 Å². The van der Waals surface area contributed by atoms with Gasteiger partial charge in [0.15, 0.2) is 0 Å². The van der Waals surface area contributed by atoms with E-state index in [9.17, 15) is 4.79 Å². The molecule has 2 aromatic rings. The van der Waals surface area contributed by atoms with Crippen molar-refractivity contribution in [1.29, 1.82) is 0 Å². The summed E-state index contributed by atoms with van der Waals surface area (Å²) in [5.41, 5.74) is 4.25. The molecular weight excluding hydrogens is 472 g/mol. The fourth-order valence-corrected chi connectivity index (χ4v) is 6.55. The molecule has 4 rings (SSSR count). The Morgan fingerprint density at radius 2 is 1.58 bits per heavy atom. The number of carbonyl (C=O) groups excluding carboxylic acids is 1. The minimum absolute atomic E-state index is 0.112. The van der Waals surface area contributed by atoms with E-state index >= 15 is 0 Å². The minimum Gasteiger partial charge on any atom is -0.490 e. The molecule has 38 heavy (non-hydrogen) atoms. The Morgan fingerprint density at radius 1 is 0.895 bits per heavy atom. The predicted molar refractivity (Wildman–Crippen MR) is 154 cm³/mol. The van der Waals surface area contributed by atoms with Crippen LogP contribution in [0.4, 0.5) is 0 Å². The van der Waals surface area contributed by atoms with Crippen molar-refractivity contribution in [3.63, 3.8) is 0 Å². The van der Waals surface area contributed by atoms with Gasteiger partial charge >= 0.3 is 5.97 Å². The average molecular weight is 519 g/mol. The first kappa shape index (κ1) is 28.4. The zero-order chi connectivity index (χ0) is 26.7. The maximum absolute atomic E-state index is 11.7. The number of para-hydroxylation sites is 1. The first-order chi connectivity index (χ1) is 18.6. The van der Waals surface area contributed by atoms with Gasteiger partial charge in [0, 0.05) is 13.2 Å². The number of aryl methyl sites for hydroxylation is 1. The second-order valence-corrected chi connectivity index (χ2v) is 11.4. The molecule has 3 atom stereocenters. The van der Waals surface area contributed by atoms with Crippen molar-refractivity contribution in [1.82, 2.24) is 0 Å². The third kappa shape index (κ3) is 8.20. The lowest BCUT2D eigenvalue weighted by Crippen LogP contribution is -2.30. The van der Waals surface area contributed by atoms with E-state index in [4.69, 9.17) is 14.2 Å². The summed E-state index contributed by atoms with van der Waals surface area (Å²) in [4.78, 5) is 11.7. The standard InChI is InChI=1S/C34H46O4/c1-4-34(35)37-24-26-22-30(36-3)17-10-18-31(23-26)38-33-20-6-5-19-32(33)28-14-8-12-27(13-9-15-28)29-16-7-11-25(2)21-29/h4-7,11,16,19-21,26-28,30-31H,1,8-10,12-15,17-18,22-24H2,2-3H3. The van der Waals surface area contributed by atoms with Crippen LogP contribution in [-0.2, 0) is 14.3 Å². The van der Waals surface area contributed by atoms with Gasteiger partial charge in [0.2, 0.25) is 0 Å². The molecular formula is C34H46O4. The zero-order valence-corrected chi connectivity index (χ0v) is 23.4. The van der Waals surface area contributed by atoms with Gasteiger partial charge in [0.1, 0.15) is 5.75 Å². The molecule has 2 saturated carbocycles. The molecule has 206 valence electrons. The topological polar surface area (TPSA) is 44.8 Å². The Morgan fingerprint density at radius 3 is 2.32 bits per heavy atom. The van der Waals surface area contributed by atoms with E-state index in [1.54, 1.807) is 7.11 Å². The summed E-state index contributed by atoms with van der Waals surface area (Å²) in [6.07, 6.45) is 13.8. The van der Waals surface area contributed by atoms with Gasteiger partial charge in [-0.1, -0.05) is 67.4 Å². The van der Waals surface area contributed by atoms with Crippen LogP contribution in [0.2, 0.25) is 0 Å². The smallest absolute Gasteiger partial charge is 0.330 e. The van der Waals surface area contributed by atoms with Crippen LogP contribution in [0, 0.1) is 12.8 Å². The highest BCUT2D eigenvalue weighted by Gasteiger charge is 2.28. The molecule has 2 aromatic carbocycles. The molecule has 4 heteroatoms. The van der Waals surface area contributed by atoms with Gasteiger partial charge in [-0.2, -0.15) is 0 Å². The Bertz CT molecular complexity index is 1020. The number of methoxy groups -OCH3 is 1.